The van der Waals surface area contributed by atoms with Crippen molar-refractivity contribution in [3.63, 3.8) is 0 Å². The standard InChI is InChI=1S/C21H16ClNS/c22-21-20(24-17-11-5-2-6-12-17)18-13-7-8-14-19(18)23(21)15-16-9-3-1-4-10-16/h1-14H,15H2. The fraction of sp³-hybridized carbons (Fsp3) is 0.0476. The Balaban J connectivity index is 1.81. The van der Waals surface area contributed by atoms with Crippen molar-refractivity contribution in [3.8, 4) is 0 Å². The molecule has 0 bridgehead atoms. The van der Waals surface area contributed by atoms with Crippen LogP contribution in [0.2, 0.25) is 5.15 Å². The lowest BCUT2D eigenvalue weighted by molar-refractivity contribution is 0.831. The Morgan fingerprint density at radius 3 is 2.12 bits per heavy atom. The highest BCUT2D eigenvalue weighted by atomic mass is 35.5. The summed E-state index contributed by atoms with van der Waals surface area (Å²) < 4.78 is 2.19. The molecule has 4 rings (SSSR count). The van der Waals surface area contributed by atoms with Crippen molar-refractivity contribution < 1.29 is 0 Å². The van der Waals surface area contributed by atoms with Crippen LogP contribution >= 0.6 is 23.4 Å². The Kier molecular flexibility index (Phi) is 4.33. The molecular formula is C21H16ClNS. The molecule has 0 N–H and O–H groups in total. The number of benzene rings is 3. The summed E-state index contributed by atoms with van der Waals surface area (Å²) >= 11 is 8.52. The summed E-state index contributed by atoms with van der Waals surface area (Å²) in [6, 6.07) is 29.2. The molecule has 0 aliphatic carbocycles. The van der Waals surface area contributed by atoms with Gasteiger partial charge in [0, 0.05) is 16.8 Å². The van der Waals surface area contributed by atoms with E-state index in [9.17, 15) is 0 Å². The van der Waals surface area contributed by atoms with Gasteiger partial charge in [-0.05, 0) is 23.8 Å². The van der Waals surface area contributed by atoms with Gasteiger partial charge in [-0.2, -0.15) is 0 Å². The van der Waals surface area contributed by atoms with Gasteiger partial charge in [0.25, 0.3) is 0 Å². The van der Waals surface area contributed by atoms with E-state index in [0.29, 0.717) is 0 Å². The Morgan fingerprint density at radius 1 is 0.750 bits per heavy atom. The number of nitrogens with zero attached hydrogens (tertiary/aromatic N) is 1. The van der Waals surface area contributed by atoms with Crippen molar-refractivity contribution in [1.29, 1.82) is 0 Å². The first kappa shape index (κ1) is 15.4. The Morgan fingerprint density at radius 2 is 1.38 bits per heavy atom. The molecule has 0 atom stereocenters. The highest BCUT2D eigenvalue weighted by Crippen LogP contribution is 2.41. The summed E-state index contributed by atoms with van der Waals surface area (Å²) in [7, 11) is 0. The van der Waals surface area contributed by atoms with Gasteiger partial charge < -0.3 is 4.57 Å². The smallest absolute Gasteiger partial charge is 0.124 e. The van der Waals surface area contributed by atoms with E-state index in [2.05, 4.69) is 77.4 Å². The van der Waals surface area contributed by atoms with Gasteiger partial charge in [0.2, 0.25) is 0 Å². The van der Waals surface area contributed by atoms with Crippen LogP contribution in [0.5, 0.6) is 0 Å². The largest absolute Gasteiger partial charge is 0.326 e. The molecule has 0 amide bonds. The quantitative estimate of drug-likeness (QED) is 0.407. The molecule has 3 heteroatoms. The minimum absolute atomic E-state index is 0.773. The average molecular weight is 350 g/mol. The second-order valence-electron chi connectivity index (χ2n) is 5.62. The first-order valence-electron chi connectivity index (χ1n) is 7.86. The topological polar surface area (TPSA) is 4.93 Å². The molecule has 0 unspecified atom stereocenters. The average Bonchev–Trinajstić information content (AvgIpc) is 2.90. The fourth-order valence-electron chi connectivity index (χ4n) is 2.86. The number of aromatic nitrogens is 1. The molecule has 1 aromatic heterocycles. The second kappa shape index (κ2) is 6.76. The molecule has 0 fully saturated rings. The van der Waals surface area contributed by atoms with Crippen molar-refractivity contribution in [2.24, 2.45) is 0 Å². The molecule has 118 valence electrons. The van der Waals surface area contributed by atoms with Crippen LogP contribution in [0.1, 0.15) is 5.56 Å². The molecule has 0 radical (unpaired) electrons. The molecule has 0 aliphatic heterocycles. The Hall–Kier alpha value is -2.16. The number of fused-ring (bicyclic) bond motifs is 1. The molecule has 0 aliphatic rings. The minimum atomic E-state index is 0.773. The van der Waals surface area contributed by atoms with E-state index in [0.717, 1.165) is 16.6 Å². The van der Waals surface area contributed by atoms with Gasteiger partial charge in [-0.1, -0.05) is 90.1 Å². The summed E-state index contributed by atoms with van der Waals surface area (Å²) in [4.78, 5) is 2.32. The molecule has 4 aromatic rings. The van der Waals surface area contributed by atoms with E-state index in [1.54, 1.807) is 11.8 Å². The van der Waals surface area contributed by atoms with Crippen LogP contribution in [-0.2, 0) is 6.54 Å². The van der Waals surface area contributed by atoms with Gasteiger partial charge in [-0.25, -0.2) is 0 Å². The molecule has 0 spiro atoms. The van der Waals surface area contributed by atoms with Crippen molar-refractivity contribution in [2.75, 3.05) is 0 Å². The summed E-state index contributed by atoms with van der Waals surface area (Å²) in [5, 5.41) is 2.00. The van der Waals surface area contributed by atoms with Gasteiger partial charge in [0.1, 0.15) is 5.15 Å². The van der Waals surface area contributed by atoms with Gasteiger partial charge in [-0.15, -0.1) is 0 Å². The first-order chi connectivity index (χ1) is 11.8. The third kappa shape index (κ3) is 2.95. The Bertz CT molecular complexity index is 883. The zero-order valence-electron chi connectivity index (χ0n) is 13.0. The zero-order chi connectivity index (χ0) is 16.4. The van der Waals surface area contributed by atoms with E-state index in [1.165, 1.54) is 21.4 Å². The first-order valence-corrected chi connectivity index (χ1v) is 9.06. The minimum Gasteiger partial charge on any atom is -0.326 e. The molecule has 3 aromatic carbocycles. The molecule has 24 heavy (non-hydrogen) atoms. The normalized spacial score (nSPS) is 11.0. The Labute approximate surface area is 150 Å². The van der Waals surface area contributed by atoms with Crippen molar-refractivity contribution in [1.82, 2.24) is 4.57 Å². The second-order valence-corrected chi connectivity index (χ2v) is 7.07. The van der Waals surface area contributed by atoms with E-state index < -0.39 is 0 Å². The summed E-state index contributed by atoms with van der Waals surface area (Å²) in [5.74, 6) is 0. The fourth-order valence-corrected chi connectivity index (χ4v) is 4.24. The van der Waals surface area contributed by atoms with Crippen LogP contribution in [0.15, 0.2) is 94.7 Å². The molecule has 0 saturated carbocycles. The highest BCUT2D eigenvalue weighted by molar-refractivity contribution is 7.99. The lowest BCUT2D eigenvalue weighted by Crippen LogP contribution is -1.99. The predicted octanol–water partition coefficient (Wildman–Crippen LogP) is 6.49. The van der Waals surface area contributed by atoms with Crippen LogP contribution in [-0.4, -0.2) is 4.57 Å². The van der Waals surface area contributed by atoms with E-state index >= 15 is 0 Å². The van der Waals surface area contributed by atoms with Gasteiger partial charge in [0.15, 0.2) is 0 Å². The number of halogens is 1. The molecule has 1 nitrogen and oxygen atoms in total. The number of hydrogen-bond acceptors (Lipinski definition) is 1. The van der Waals surface area contributed by atoms with Gasteiger partial charge >= 0.3 is 0 Å². The summed E-state index contributed by atoms with van der Waals surface area (Å²) in [5.41, 5.74) is 2.42. The lowest BCUT2D eigenvalue weighted by atomic mass is 10.2. The highest BCUT2D eigenvalue weighted by Gasteiger charge is 2.16. The predicted molar refractivity (Wildman–Crippen MR) is 103 cm³/mol. The van der Waals surface area contributed by atoms with Gasteiger partial charge in [0.05, 0.1) is 10.4 Å². The van der Waals surface area contributed by atoms with Crippen molar-refractivity contribution in [3.05, 3.63) is 95.6 Å². The number of hydrogen-bond donors (Lipinski definition) is 0. The summed E-state index contributed by atoms with van der Waals surface area (Å²) in [6.45, 7) is 0.773. The van der Waals surface area contributed by atoms with E-state index in [1.807, 2.05) is 12.1 Å². The third-order valence-corrected chi connectivity index (χ3v) is 5.64. The zero-order valence-corrected chi connectivity index (χ0v) is 14.6. The number of rotatable bonds is 4. The van der Waals surface area contributed by atoms with Gasteiger partial charge in [-0.3, -0.25) is 0 Å². The molecular weight excluding hydrogens is 334 g/mol. The van der Waals surface area contributed by atoms with Crippen LogP contribution in [0.4, 0.5) is 0 Å². The number of para-hydroxylation sites is 1. The molecule has 1 heterocycles. The van der Waals surface area contributed by atoms with Crippen LogP contribution < -0.4 is 0 Å². The van der Waals surface area contributed by atoms with Crippen LogP contribution in [0.25, 0.3) is 10.9 Å². The van der Waals surface area contributed by atoms with Crippen LogP contribution in [0, 0.1) is 0 Å². The monoisotopic (exact) mass is 349 g/mol. The molecule has 0 saturated heterocycles. The summed E-state index contributed by atoms with van der Waals surface area (Å²) in [6.07, 6.45) is 0. The third-order valence-electron chi connectivity index (χ3n) is 4.01. The van der Waals surface area contributed by atoms with E-state index in [-0.39, 0.29) is 0 Å². The van der Waals surface area contributed by atoms with E-state index in [4.69, 9.17) is 11.6 Å². The van der Waals surface area contributed by atoms with Crippen molar-refractivity contribution >= 4 is 34.3 Å². The lowest BCUT2D eigenvalue weighted by Gasteiger charge is -2.07. The van der Waals surface area contributed by atoms with Crippen molar-refractivity contribution in [2.45, 2.75) is 16.3 Å². The maximum atomic E-state index is 6.79. The maximum Gasteiger partial charge on any atom is 0.124 e. The maximum absolute atomic E-state index is 6.79. The SMILES string of the molecule is Clc1c(Sc2ccccc2)c2ccccc2n1Cc1ccccc1. The van der Waals surface area contributed by atoms with Crippen LogP contribution in [0.3, 0.4) is 0 Å².